The van der Waals surface area contributed by atoms with Crippen molar-refractivity contribution in [2.45, 2.75) is 20.4 Å². The molecule has 0 N–H and O–H groups in total. The number of hydrogen-bond acceptors (Lipinski definition) is 2. The number of anilines is 1. The number of benzene rings is 2. The quantitative estimate of drug-likeness (QED) is 0.652. The van der Waals surface area contributed by atoms with Gasteiger partial charge in [-0.25, -0.2) is 9.07 Å². The van der Waals surface area contributed by atoms with Crippen LogP contribution in [0.5, 0.6) is 0 Å². The first-order valence-electron chi connectivity index (χ1n) is 8.35. The van der Waals surface area contributed by atoms with Crippen molar-refractivity contribution in [3.05, 3.63) is 82.4 Å². The van der Waals surface area contributed by atoms with Gasteiger partial charge in [0.05, 0.1) is 17.8 Å². The molecule has 0 radical (unpaired) electrons. The lowest BCUT2D eigenvalue weighted by atomic mass is 10.2. The Morgan fingerprint density at radius 2 is 1.81 bits per heavy atom. The topological polar surface area (TPSA) is 38.1 Å². The van der Waals surface area contributed by atoms with Gasteiger partial charge in [0.2, 0.25) is 0 Å². The van der Waals surface area contributed by atoms with Gasteiger partial charge in [0.15, 0.2) is 0 Å². The molecule has 0 aliphatic heterocycles. The Hall–Kier alpha value is -2.66. The average molecular weight is 372 g/mol. The van der Waals surface area contributed by atoms with Crippen LogP contribution in [0.1, 0.15) is 28.5 Å². The van der Waals surface area contributed by atoms with Crippen molar-refractivity contribution >= 4 is 23.2 Å². The van der Waals surface area contributed by atoms with Gasteiger partial charge in [-0.15, -0.1) is 0 Å². The van der Waals surface area contributed by atoms with Crippen LogP contribution in [0, 0.1) is 12.7 Å². The summed E-state index contributed by atoms with van der Waals surface area (Å²) in [7, 11) is 0. The van der Waals surface area contributed by atoms with E-state index < -0.39 is 0 Å². The number of carbonyl (C=O) groups excluding carboxylic acids is 1. The van der Waals surface area contributed by atoms with Crippen molar-refractivity contribution in [3.8, 4) is 0 Å². The van der Waals surface area contributed by atoms with Gasteiger partial charge in [-0.05, 0) is 43.7 Å². The van der Waals surface area contributed by atoms with Gasteiger partial charge in [0.1, 0.15) is 11.0 Å². The lowest BCUT2D eigenvalue weighted by molar-refractivity contribution is 0.0988. The molecule has 3 aromatic rings. The highest BCUT2D eigenvalue weighted by Crippen LogP contribution is 2.25. The van der Waals surface area contributed by atoms with Gasteiger partial charge in [-0.2, -0.15) is 5.10 Å². The van der Waals surface area contributed by atoms with Gasteiger partial charge in [-0.1, -0.05) is 41.9 Å². The monoisotopic (exact) mass is 371 g/mol. The number of aromatic nitrogens is 2. The molecular weight excluding hydrogens is 353 g/mol. The number of aryl methyl sites for hydroxylation is 1. The van der Waals surface area contributed by atoms with E-state index in [1.165, 1.54) is 12.1 Å². The molecule has 0 saturated carbocycles. The molecule has 6 heteroatoms. The van der Waals surface area contributed by atoms with Crippen LogP contribution in [0.25, 0.3) is 0 Å². The zero-order chi connectivity index (χ0) is 18.7. The zero-order valence-electron chi connectivity index (χ0n) is 14.6. The lowest BCUT2D eigenvalue weighted by Gasteiger charge is -2.21. The van der Waals surface area contributed by atoms with Crippen LogP contribution < -0.4 is 4.90 Å². The van der Waals surface area contributed by atoms with Crippen LogP contribution in [0.4, 0.5) is 10.1 Å². The summed E-state index contributed by atoms with van der Waals surface area (Å²) in [4.78, 5) is 14.6. The molecule has 134 valence electrons. The molecule has 0 bridgehead atoms. The van der Waals surface area contributed by atoms with E-state index in [0.29, 0.717) is 35.2 Å². The summed E-state index contributed by atoms with van der Waals surface area (Å²) in [6.07, 6.45) is 0. The second-order valence-electron chi connectivity index (χ2n) is 5.92. The molecule has 3 rings (SSSR count). The molecule has 0 unspecified atom stereocenters. The second kappa shape index (κ2) is 7.70. The van der Waals surface area contributed by atoms with E-state index in [2.05, 4.69) is 5.10 Å². The summed E-state index contributed by atoms with van der Waals surface area (Å²) < 4.78 is 14.8. The standard InChI is InChI=1S/C20H19ClFN3O/c1-3-24(17-11-9-16(22)10-12-17)20(26)18-14(2)23-25(19(18)21)13-15-7-5-4-6-8-15/h4-12H,3,13H2,1-2H3. The first-order chi connectivity index (χ1) is 12.5. The molecule has 0 aliphatic carbocycles. The van der Waals surface area contributed by atoms with E-state index in [0.717, 1.165) is 5.56 Å². The maximum Gasteiger partial charge on any atom is 0.263 e. The zero-order valence-corrected chi connectivity index (χ0v) is 15.4. The Labute approximate surface area is 156 Å². The minimum absolute atomic E-state index is 0.249. The number of amides is 1. The van der Waals surface area contributed by atoms with E-state index in [4.69, 9.17) is 11.6 Å². The predicted octanol–water partition coefficient (Wildman–Crippen LogP) is 4.70. The van der Waals surface area contributed by atoms with Crippen LogP contribution in [-0.4, -0.2) is 22.2 Å². The molecule has 1 heterocycles. The van der Waals surface area contributed by atoms with Gasteiger partial charge in [-0.3, -0.25) is 4.79 Å². The highest BCUT2D eigenvalue weighted by Gasteiger charge is 2.25. The normalized spacial score (nSPS) is 10.8. The molecule has 0 aliphatic rings. The molecule has 0 saturated heterocycles. The third-order valence-electron chi connectivity index (χ3n) is 4.15. The molecule has 26 heavy (non-hydrogen) atoms. The van der Waals surface area contributed by atoms with Crippen molar-refractivity contribution in [1.82, 2.24) is 9.78 Å². The van der Waals surface area contributed by atoms with Gasteiger partial charge in [0, 0.05) is 12.2 Å². The number of carbonyl (C=O) groups is 1. The first-order valence-corrected chi connectivity index (χ1v) is 8.73. The fourth-order valence-electron chi connectivity index (χ4n) is 2.86. The SMILES string of the molecule is CCN(C(=O)c1c(C)nn(Cc2ccccc2)c1Cl)c1ccc(F)cc1. The van der Waals surface area contributed by atoms with Crippen LogP contribution in [-0.2, 0) is 6.54 Å². The maximum atomic E-state index is 13.2. The molecule has 1 amide bonds. The third kappa shape index (κ3) is 3.63. The summed E-state index contributed by atoms with van der Waals surface area (Å²) in [6.45, 7) is 4.54. The van der Waals surface area contributed by atoms with E-state index in [1.54, 1.807) is 28.6 Å². The summed E-state index contributed by atoms with van der Waals surface area (Å²) in [5, 5.41) is 4.73. The van der Waals surface area contributed by atoms with Gasteiger partial charge in [0.25, 0.3) is 5.91 Å². The minimum Gasteiger partial charge on any atom is -0.308 e. The van der Waals surface area contributed by atoms with E-state index in [1.807, 2.05) is 37.3 Å². The van der Waals surface area contributed by atoms with Gasteiger partial charge >= 0.3 is 0 Å². The smallest absolute Gasteiger partial charge is 0.263 e. The molecule has 1 aromatic heterocycles. The number of nitrogens with zero attached hydrogens (tertiary/aromatic N) is 3. The Morgan fingerprint density at radius 1 is 1.15 bits per heavy atom. The largest absolute Gasteiger partial charge is 0.308 e. The fraction of sp³-hybridized carbons (Fsp3) is 0.200. The predicted molar refractivity (Wildman–Crippen MR) is 101 cm³/mol. The number of halogens is 2. The van der Waals surface area contributed by atoms with Gasteiger partial charge < -0.3 is 4.90 Å². The summed E-state index contributed by atoms with van der Waals surface area (Å²) in [5.41, 5.74) is 2.59. The third-order valence-corrected chi connectivity index (χ3v) is 4.54. The number of rotatable bonds is 5. The van der Waals surface area contributed by atoms with Crippen LogP contribution in [0.3, 0.4) is 0 Å². The van der Waals surface area contributed by atoms with Crippen molar-refractivity contribution in [2.75, 3.05) is 11.4 Å². The molecule has 0 fully saturated rings. The molecule has 2 aromatic carbocycles. The van der Waals surface area contributed by atoms with Crippen molar-refractivity contribution in [2.24, 2.45) is 0 Å². The molecule has 4 nitrogen and oxygen atoms in total. The van der Waals surface area contributed by atoms with Crippen LogP contribution >= 0.6 is 11.6 Å². The molecule has 0 spiro atoms. The fourth-order valence-corrected chi connectivity index (χ4v) is 3.17. The van der Waals surface area contributed by atoms with Crippen molar-refractivity contribution in [1.29, 1.82) is 0 Å². The Balaban J connectivity index is 1.92. The summed E-state index contributed by atoms with van der Waals surface area (Å²) in [6, 6.07) is 15.6. The van der Waals surface area contributed by atoms with E-state index in [-0.39, 0.29) is 11.7 Å². The van der Waals surface area contributed by atoms with Crippen molar-refractivity contribution in [3.63, 3.8) is 0 Å². The second-order valence-corrected chi connectivity index (χ2v) is 6.28. The number of hydrogen-bond donors (Lipinski definition) is 0. The van der Waals surface area contributed by atoms with E-state index >= 15 is 0 Å². The lowest BCUT2D eigenvalue weighted by Crippen LogP contribution is -2.31. The van der Waals surface area contributed by atoms with Crippen molar-refractivity contribution < 1.29 is 9.18 Å². The highest BCUT2D eigenvalue weighted by atomic mass is 35.5. The molecule has 0 atom stereocenters. The van der Waals surface area contributed by atoms with E-state index in [9.17, 15) is 9.18 Å². The molecular formula is C20H19ClFN3O. The first kappa shape index (κ1) is 18.1. The minimum atomic E-state index is -0.345. The van der Waals surface area contributed by atoms with Crippen LogP contribution in [0.2, 0.25) is 5.15 Å². The maximum absolute atomic E-state index is 13.2. The summed E-state index contributed by atoms with van der Waals surface area (Å²) >= 11 is 6.48. The summed E-state index contributed by atoms with van der Waals surface area (Å²) in [5.74, 6) is -0.594. The Bertz CT molecular complexity index is 907. The Morgan fingerprint density at radius 3 is 2.42 bits per heavy atom. The van der Waals surface area contributed by atoms with Crippen LogP contribution in [0.15, 0.2) is 54.6 Å². The Kier molecular flexibility index (Phi) is 5.38. The average Bonchev–Trinajstić information content (AvgIpc) is 2.91. The highest BCUT2D eigenvalue weighted by molar-refractivity contribution is 6.33.